The number of nitrogens with zero attached hydrogens (tertiary/aromatic N) is 1. The molecule has 1 saturated heterocycles. The Morgan fingerprint density at radius 2 is 1.78 bits per heavy atom. The van der Waals surface area contributed by atoms with Crippen LogP contribution in [0.2, 0.25) is 5.02 Å². The highest BCUT2D eigenvalue weighted by Crippen LogP contribution is 2.37. The van der Waals surface area contributed by atoms with Crippen LogP contribution in [0.15, 0.2) is 42.5 Å². The number of ketones is 2. The van der Waals surface area contributed by atoms with Gasteiger partial charge in [0, 0.05) is 46.6 Å². The van der Waals surface area contributed by atoms with Crippen molar-refractivity contribution in [1.82, 2.24) is 9.88 Å². The molecule has 0 aliphatic carbocycles. The molecule has 2 heterocycles. The van der Waals surface area contributed by atoms with E-state index in [0.29, 0.717) is 40.4 Å². The average molecular weight is 581 g/mol. The topological polar surface area (TPSA) is 97.6 Å². The fraction of sp³-hybridized carbons (Fsp3) is 0.485. The number of fused-ring (bicyclic) bond motifs is 1. The first-order chi connectivity index (χ1) is 19.2. The highest BCUT2D eigenvalue weighted by atomic mass is 35.5. The number of benzene rings is 2. The molecule has 2 N–H and O–H groups in total. The summed E-state index contributed by atoms with van der Waals surface area (Å²) in [5, 5.41) is 14.7. The number of aliphatic carboxylic acids is 1. The lowest BCUT2D eigenvalue weighted by molar-refractivity contribution is -0.146. The number of carboxylic acid groups (broad SMARTS) is 1. The second kappa shape index (κ2) is 12.0. The van der Waals surface area contributed by atoms with E-state index >= 15 is 0 Å². The quantitative estimate of drug-likeness (QED) is 0.245. The summed E-state index contributed by atoms with van der Waals surface area (Å²) in [5.41, 5.74) is 1.58. The van der Waals surface area contributed by atoms with Crippen LogP contribution in [0.25, 0.3) is 10.9 Å². The Bertz CT molecular complexity index is 1440. The third kappa shape index (κ3) is 7.19. The molecule has 8 heteroatoms. The molecule has 0 amide bonds. The average Bonchev–Trinajstić information content (AvgIpc) is 3.49. The van der Waals surface area contributed by atoms with E-state index in [1.807, 2.05) is 67.8 Å². The highest BCUT2D eigenvalue weighted by molar-refractivity contribution is 6.30. The lowest BCUT2D eigenvalue weighted by Crippen LogP contribution is -2.43. The fourth-order valence-corrected chi connectivity index (χ4v) is 5.66. The SMILES string of the molecule is CC(=O)[C@@H](Oc1ccc2c(c1)c(C(=O)CC(C)(C)C)c(CC(C)(C)C(=O)O)n2Cc1ccc(Cl)cc1)C1CCCN1. The van der Waals surface area contributed by atoms with Crippen LogP contribution in [0, 0.1) is 10.8 Å². The molecular formula is C33H41ClN2O5. The summed E-state index contributed by atoms with van der Waals surface area (Å²) >= 11 is 6.14. The van der Waals surface area contributed by atoms with Crippen LogP contribution >= 0.6 is 11.6 Å². The Labute approximate surface area is 247 Å². The van der Waals surface area contributed by atoms with Crippen LogP contribution in [-0.2, 0) is 22.6 Å². The molecule has 0 saturated carbocycles. The number of aromatic nitrogens is 1. The number of nitrogens with one attached hydrogen (secondary N) is 1. The van der Waals surface area contributed by atoms with E-state index < -0.39 is 17.5 Å². The fourth-order valence-electron chi connectivity index (χ4n) is 5.54. The van der Waals surface area contributed by atoms with Gasteiger partial charge in [-0.25, -0.2) is 0 Å². The molecule has 2 atom stereocenters. The Balaban J connectivity index is 1.92. The molecule has 1 aliphatic heterocycles. The van der Waals surface area contributed by atoms with Crippen LogP contribution in [0.4, 0.5) is 0 Å². The second-order valence-corrected chi connectivity index (χ2v) is 13.5. The zero-order valence-corrected chi connectivity index (χ0v) is 25.6. The van der Waals surface area contributed by atoms with Gasteiger partial charge >= 0.3 is 5.97 Å². The van der Waals surface area contributed by atoms with E-state index in [1.165, 1.54) is 6.92 Å². The van der Waals surface area contributed by atoms with Gasteiger partial charge in [0.1, 0.15) is 5.75 Å². The molecule has 3 aromatic rings. The molecule has 41 heavy (non-hydrogen) atoms. The number of carbonyl (C=O) groups excluding carboxylic acids is 2. The monoisotopic (exact) mass is 580 g/mol. The number of carboxylic acids is 1. The summed E-state index contributed by atoms with van der Waals surface area (Å²) in [4.78, 5) is 38.8. The van der Waals surface area contributed by atoms with Crippen molar-refractivity contribution in [3.05, 3.63) is 64.3 Å². The number of rotatable bonds is 11. The molecule has 1 aliphatic rings. The third-order valence-electron chi connectivity index (χ3n) is 7.68. The van der Waals surface area contributed by atoms with Crippen LogP contribution in [0.3, 0.4) is 0 Å². The summed E-state index contributed by atoms with van der Waals surface area (Å²) in [7, 11) is 0. The van der Waals surface area contributed by atoms with Gasteiger partial charge in [0.2, 0.25) is 0 Å². The first kappa shape index (κ1) is 30.8. The smallest absolute Gasteiger partial charge is 0.309 e. The maximum atomic E-state index is 14.0. The Hall–Kier alpha value is -3.16. The third-order valence-corrected chi connectivity index (χ3v) is 7.93. The minimum Gasteiger partial charge on any atom is -0.481 e. The Morgan fingerprint density at radius 1 is 1.10 bits per heavy atom. The van der Waals surface area contributed by atoms with Crippen molar-refractivity contribution in [1.29, 1.82) is 0 Å². The van der Waals surface area contributed by atoms with Crippen molar-refractivity contribution in [2.45, 2.75) is 85.9 Å². The van der Waals surface area contributed by atoms with E-state index in [1.54, 1.807) is 13.8 Å². The van der Waals surface area contributed by atoms with Crippen molar-refractivity contribution in [3.8, 4) is 5.75 Å². The number of hydrogen-bond donors (Lipinski definition) is 2. The Morgan fingerprint density at radius 3 is 2.34 bits per heavy atom. The van der Waals surface area contributed by atoms with E-state index in [2.05, 4.69) is 5.32 Å². The van der Waals surface area contributed by atoms with Gasteiger partial charge in [-0.05, 0) is 81.5 Å². The van der Waals surface area contributed by atoms with Crippen molar-refractivity contribution in [2.75, 3.05) is 6.54 Å². The maximum absolute atomic E-state index is 14.0. The predicted octanol–water partition coefficient (Wildman–Crippen LogP) is 6.70. The summed E-state index contributed by atoms with van der Waals surface area (Å²) < 4.78 is 8.33. The molecule has 1 fully saturated rings. The molecule has 0 bridgehead atoms. The van der Waals surface area contributed by atoms with Gasteiger partial charge in [0.15, 0.2) is 17.7 Å². The lowest BCUT2D eigenvalue weighted by Gasteiger charge is -2.23. The second-order valence-electron chi connectivity index (χ2n) is 13.1. The summed E-state index contributed by atoms with van der Waals surface area (Å²) in [5.74, 6) is -0.541. The number of ether oxygens (including phenoxy) is 1. The molecule has 1 unspecified atom stereocenters. The van der Waals surface area contributed by atoms with Gasteiger partial charge in [-0.2, -0.15) is 0 Å². The molecule has 7 nitrogen and oxygen atoms in total. The normalized spacial score (nSPS) is 16.6. The van der Waals surface area contributed by atoms with E-state index in [9.17, 15) is 19.5 Å². The van der Waals surface area contributed by atoms with Gasteiger partial charge in [0.25, 0.3) is 0 Å². The van der Waals surface area contributed by atoms with Crippen LogP contribution in [0.5, 0.6) is 5.75 Å². The van der Waals surface area contributed by atoms with Crippen LogP contribution < -0.4 is 10.1 Å². The zero-order chi connectivity index (χ0) is 30.1. The summed E-state index contributed by atoms with van der Waals surface area (Å²) in [6.45, 7) is 12.2. The minimum absolute atomic E-state index is 0.0497. The first-order valence-electron chi connectivity index (χ1n) is 14.2. The molecule has 220 valence electrons. The standard InChI is InChI=1S/C33H41ClN2O5/c1-20(37)30(25-8-7-15-35-25)41-23-13-14-26-24(16-23)29(28(38)18-32(2,3)4)27(17-33(5,6)31(39)40)36(26)19-21-9-11-22(34)12-10-21/h9-14,16,25,30,35H,7-8,15,17-19H2,1-6H3,(H,39,40)/t25?,30-/m1/s1. The first-order valence-corrected chi connectivity index (χ1v) is 14.6. The van der Waals surface area contributed by atoms with Crippen molar-refractivity contribution >= 4 is 40.0 Å². The predicted molar refractivity (Wildman–Crippen MR) is 162 cm³/mol. The van der Waals surface area contributed by atoms with Gasteiger partial charge in [-0.15, -0.1) is 0 Å². The lowest BCUT2D eigenvalue weighted by atomic mass is 9.83. The molecule has 4 rings (SSSR count). The molecule has 0 radical (unpaired) electrons. The van der Waals surface area contributed by atoms with Crippen molar-refractivity contribution in [2.24, 2.45) is 10.8 Å². The molecular weight excluding hydrogens is 540 g/mol. The maximum Gasteiger partial charge on any atom is 0.309 e. The number of Topliss-reactive ketones (excluding diaryl/α,β-unsaturated/α-hetero) is 2. The van der Waals surface area contributed by atoms with E-state index in [0.717, 1.165) is 30.5 Å². The van der Waals surface area contributed by atoms with E-state index in [-0.39, 0.29) is 29.4 Å². The van der Waals surface area contributed by atoms with Crippen LogP contribution in [0.1, 0.15) is 82.4 Å². The highest BCUT2D eigenvalue weighted by Gasteiger charge is 2.35. The van der Waals surface area contributed by atoms with E-state index in [4.69, 9.17) is 16.3 Å². The van der Waals surface area contributed by atoms with Gasteiger partial charge in [-0.3, -0.25) is 14.4 Å². The number of halogens is 1. The van der Waals surface area contributed by atoms with Gasteiger partial charge in [-0.1, -0.05) is 44.5 Å². The van der Waals surface area contributed by atoms with Gasteiger partial charge in [0.05, 0.1) is 11.5 Å². The number of hydrogen-bond acceptors (Lipinski definition) is 5. The van der Waals surface area contributed by atoms with Crippen molar-refractivity contribution < 1.29 is 24.2 Å². The largest absolute Gasteiger partial charge is 0.481 e. The molecule has 1 aromatic heterocycles. The number of carbonyl (C=O) groups is 3. The zero-order valence-electron chi connectivity index (χ0n) is 24.8. The van der Waals surface area contributed by atoms with Gasteiger partial charge < -0.3 is 19.7 Å². The summed E-state index contributed by atoms with van der Waals surface area (Å²) in [6.07, 6.45) is 1.66. The Kier molecular flexibility index (Phi) is 9.00. The minimum atomic E-state index is -1.11. The van der Waals surface area contributed by atoms with Crippen molar-refractivity contribution in [3.63, 3.8) is 0 Å². The molecule has 0 spiro atoms. The molecule has 2 aromatic carbocycles. The summed E-state index contributed by atoms with van der Waals surface area (Å²) in [6, 6.07) is 13.0. The van der Waals surface area contributed by atoms with Crippen LogP contribution in [-0.4, -0.2) is 45.9 Å².